The van der Waals surface area contributed by atoms with Gasteiger partial charge in [-0.2, -0.15) is 0 Å². The first kappa shape index (κ1) is 24.2. The normalized spacial score (nSPS) is 17.2. The fourth-order valence-corrected chi connectivity index (χ4v) is 4.15. The number of nitrogens with two attached hydrogens (primary N) is 2. The number of aliphatic imine (C=N–C) groups is 1. The van der Waals surface area contributed by atoms with Crippen LogP contribution in [-0.2, 0) is 4.79 Å². The van der Waals surface area contributed by atoms with Gasteiger partial charge in [0, 0.05) is 56.5 Å². The Balaban J connectivity index is 0.00000300. The number of carbonyl (C=O) groups excluding carboxylic acids is 2. The minimum Gasteiger partial charge on any atom is -0.662 e. The van der Waals surface area contributed by atoms with Crippen molar-refractivity contribution in [2.75, 3.05) is 19.6 Å². The topological polar surface area (TPSA) is 138 Å². The van der Waals surface area contributed by atoms with Crippen LogP contribution in [0.4, 0.5) is 0 Å². The van der Waals surface area contributed by atoms with Gasteiger partial charge in [-0.3, -0.25) is 14.6 Å². The van der Waals surface area contributed by atoms with E-state index in [1.165, 1.54) is 11.3 Å². The molecule has 29 heavy (non-hydrogen) atoms. The summed E-state index contributed by atoms with van der Waals surface area (Å²) >= 11 is 1.34. The van der Waals surface area contributed by atoms with Gasteiger partial charge in [-0.15, -0.1) is 24.4 Å². The molecule has 153 valence electrons. The number of nitrogens with one attached hydrogen (secondary N) is 1. The molecule has 1 aliphatic rings. The number of Topliss-reactive ketones (excluding diaryl/α,β-unsaturated/α-hetero) is 1. The SMILES string of the molecule is NC(N)=NCCCC(NC(=O)[C@@H]1CCC[N-]C1)C(=O)c1nc2ccccc2s1.[Ac]. The van der Waals surface area contributed by atoms with E-state index in [9.17, 15) is 9.59 Å². The molecule has 1 aliphatic heterocycles. The predicted octanol–water partition coefficient (Wildman–Crippen LogP) is 1.80. The summed E-state index contributed by atoms with van der Waals surface area (Å²) in [6, 6.07) is 6.95. The molecule has 1 unspecified atom stereocenters. The van der Waals surface area contributed by atoms with Crippen molar-refractivity contribution in [2.24, 2.45) is 22.4 Å². The molecule has 1 aromatic heterocycles. The van der Waals surface area contributed by atoms with Gasteiger partial charge in [0.2, 0.25) is 11.7 Å². The minimum atomic E-state index is -0.649. The fourth-order valence-electron chi connectivity index (χ4n) is 3.19. The van der Waals surface area contributed by atoms with Crippen LogP contribution in [0.1, 0.15) is 35.5 Å². The molecule has 3 rings (SSSR count). The number of fused-ring (bicyclic) bond motifs is 1. The van der Waals surface area contributed by atoms with Crippen molar-refractivity contribution in [2.45, 2.75) is 31.7 Å². The van der Waals surface area contributed by atoms with E-state index in [0.29, 0.717) is 30.9 Å². The number of ketones is 1. The van der Waals surface area contributed by atoms with E-state index >= 15 is 0 Å². The number of para-hydroxylation sites is 1. The second-order valence-electron chi connectivity index (χ2n) is 6.83. The molecule has 10 heteroatoms. The molecule has 8 nitrogen and oxygen atoms in total. The number of piperidine rings is 1. The number of guanidine groups is 1. The maximum atomic E-state index is 13.1. The van der Waals surface area contributed by atoms with Crippen LogP contribution in [0, 0.1) is 50.0 Å². The minimum absolute atomic E-state index is 0. The van der Waals surface area contributed by atoms with E-state index < -0.39 is 6.04 Å². The number of rotatable bonds is 8. The molecule has 1 fully saturated rings. The summed E-state index contributed by atoms with van der Waals surface area (Å²) in [5.41, 5.74) is 11.5. The van der Waals surface area contributed by atoms with Crippen molar-refractivity contribution in [3.05, 3.63) is 34.6 Å². The predicted molar refractivity (Wildman–Crippen MR) is 112 cm³/mol. The van der Waals surface area contributed by atoms with Crippen LogP contribution in [0.15, 0.2) is 29.3 Å². The third-order valence-corrected chi connectivity index (χ3v) is 5.72. The first-order chi connectivity index (χ1) is 13.5. The number of nitrogens with zero attached hydrogens (tertiary/aromatic N) is 3. The number of benzene rings is 1. The number of thiazole rings is 1. The van der Waals surface area contributed by atoms with Crippen LogP contribution in [0.25, 0.3) is 15.5 Å². The van der Waals surface area contributed by atoms with Crippen LogP contribution in [0.5, 0.6) is 0 Å². The number of hydrogen-bond donors (Lipinski definition) is 3. The molecule has 0 aliphatic carbocycles. The molecule has 1 radical (unpaired) electrons. The van der Waals surface area contributed by atoms with Gasteiger partial charge in [-0.05, 0) is 31.4 Å². The molecule has 2 aromatic rings. The van der Waals surface area contributed by atoms with E-state index in [4.69, 9.17) is 11.5 Å². The molecule has 0 spiro atoms. The summed E-state index contributed by atoms with van der Waals surface area (Å²) in [4.78, 5) is 34.1. The van der Waals surface area contributed by atoms with Crippen LogP contribution >= 0.6 is 11.3 Å². The molecule has 5 N–H and O–H groups in total. The van der Waals surface area contributed by atoms with E-state index in [-0.39, 0.29) is 67.6 Å². The summed E-state index contributed by atoms with van der Waals surface area (Å²) in [6.07, 6.45) is 2.72. The third kappa shape index (κ3) is 6.99. The monoisotopic (exact) mass is 628 g/mol. The molecule has 0 saturated carbocycles. The van der Waals surface area contributed by atoms with Crippen molar-refractivity contribution in [1.82, 2.24) is 10.3 Å². The first-order valence-electron chi connectivity index (χ1n) is 9.43. The number of amides is 1. The van der Waals surface area contributed by atoms with Crippen molar-refractivity contribution in [1.29, 1.82) is 0 Å². The van der Waals surface area contributed by atoms with Gasteiger partial charge in [-0.25, -0.2) is 4.98 Å². The average molecular weight is 629 g/mol. The smallest absolute Gasteiger partial charge is 0.221 e. The molecule has 1 amide bonds. The van der Waals surface area contributed by atoms with E-state index in [1.54, 1.807) is 0 Å². The van der Waals surface area contributed by atoms with Gasteiger partial charge in [0.25, 0.3) is 0 Å². The molecular weight excluding hydrogens is 603 g/mol. The van der Waals surface area contributed by atoms with Crippen LogP contribution in [-0.4, -0.2) is 48.3 Å². The van der Waals surface area contributed by atoms with E-state index in [0.717, 1.165) is 29.6 Å². The number of carbonyl (C=O) groups is 2. The Labute approximate surface area is 209 Å². The Morgan fingerprint density at radius 3 is 2.83 bits per heavy atom. The Morgan fingerprint density at radius 1 is 1.34 bits per heavy atom. The van der Waals surface area contributed by atoms with Crippen molar-refractivity contribution >= 4 is 39.2 Å². The maximum Gasteiger partial charge on any atom is 0.221 e. The summed E-state index contributed by atoms with van der Waals surface area (Å²) in [5, 5.41) is 7.64. The molecule has 1 aromatic carbocycles. The van der Waals surface area contributed by atoms with Gasteiger partial charge in [-0.1, -0.05) is 18.6 Å². The van der Waals surface area contributed by atoms with Gasteiger partial charge in [0.1, 0.15) is 0 Å². The number of aromatic nitrogens is 1. The Kier molecular flexibility index (Phi) is 9.96. The fraction of sp³-hybridized carbons (Fsp3) is 0.474. The molecule has 0 bridgehead atoms. The Bertz CT molecular complexity index is 828. The van der Waals surface area contributed by atoms with Crippen LogP contribution in [0.3, 0.4) is 0 Å². The van der Waals surface area contributed by atoms with E-state index in [2.05, 4.69) is 20.6 Å². The van der Waals surface area contributed by atoms with Gasteiger partial charge in [0.05, 0.1) is 16.3 Å². The quantitative estimate of drug-likeness (QED) is 0.177. The van der Waals surface area contributed by atoms with Crippen LogP contribution in [0.2, 0.25) is 0 Å². The van der Waals surface area contributed by atoms with E-state index in [1.807, 2.05) is 24.3 Å². The summed E-state index contributed by atoms with van der Waals surface area (Å²) in [6.45, 7) is 1.72. The summed E-state index contributed by atoms with van der Waals surface area (Å²) in [5.74, 6) is -0.448. The number of hydrogen-bond acceptors (Lipinski definition) is 5. The second-order valence-corrected chi connectivity index (χ2v) is 7.86. The molecular formula is C19H25AcN6O2S-. The van der Waals surface area contributed by atoms with Gasteiger partial charge < -0.3 is 22.1 Å². The second kappa shape index (κ2) is 11.9. The third-order valence-electron chi connectivity index (χ3n) is 4.67. The standard InChI is InChI=1S/C19H25N6O2S.Ac/c20-19(21)23-10-4-7-14(24-17(27)12-5-3-9-22-11-12)16(26)18-25-13-6-1-2-8-15(13)28-18;/h1-2,6,8,12,14H,3-5,7,9-11H2,(H,24,27)(H4,20,21,23);/q-1;/t12-,14?;/m1./s1. The first-order valence-corrected chi connectivity index (χ1v) is 10.2. The zero-order valence-corrected chi connectivity index (χ0v) is 21.8. The Morgan fingerprint density at radius 2 is 2.14 bits per heavy atom. The van der Waals surface area contributed by atoms with Gasteiger partial charge in [0.15, 0.2) is 11.0 Å². The van der Waals surface area contributed by atoms with Crippen molar-refractivity contribution < 1.29 is 53.7 Å². The largest absolute Gasteiger partial charge is 0.662 e. The molecule has 2 heterocycles. The Hall–Kier alpha value is -1.08. The molecule has 2 atom stereocenters. The van der Waals surface area contributed by atoms with Crippen molar-refractivity contribution in [3.63, 3.8) is 0 Å². The zero-order chi connectivity index (χ0) is 19.9. The average Bonchev–Trinajstić information content (AvgIpc) is 3.14. The summed E-state index contributed by atoms with van der Waals surface area (Å²) < 4.78 is 0.947. The molecule has 1 saturated heterocycles. The maximum absolute atomic E-state index is 13.1. The zero-order valence-electron chi connectivity index (χ0n) is 16.2. The summed E-state index contributed by atoms with van der Waals surface area (Å²) in [7, 11) is 0. The van der Waals surface area contributed by atoms with Crippen molar-refractivity contribution in [3.8, 4) is 0 Å². The van der Waals surface area contributed by atoms with Gasteiger partial charge >= 0.3 is 0 Å². The van der Waals surface area contributed by atoms with Crippen LogP contribution < -0.4 is 16.8 Å².